The molecule has 0 radical (unpaired) electrons. The quantitative estimate of drug-likeness (QED) is 0.633. The standard InChI is InChI=1S/C10H8BrF3O3/c1-16-9(15)5-2-6(4-11)8(12)7(3-5)17-10(13)14/h2-3,10H,4H2,1H3. The summed E-state index contributed by atoms with van der Waals surface area (Å²) < 4.78 is 46.0. The van der Waals surface area contributed by atoms with E-state index in [9.17, 15) is 18.0 Å². The van der Waals surface area contributed by atoms with Crippen molar-refractivity contribution >= 4 is 21.9 Å². The number of esters is 1. The number of hydrogen-bond donors (Lipinski definition) is 0. The Morgan fingerprint density at radius 1 is 1.47 bits per heavy atom. The molecule has 0 aliphatic rings. The van der Waals surface area contributed by atoms with Crippen LogP contribution in [0, 0.1) is 5.82 Å². The molecule has 1 rings (SSSR count). The molecular formula is C10H8BrF3O3. The summed E-state index contributed by atoms with van der Waals surface area (Å²) in [7, 11) is 1.13. The van der Waals surface area contributed by atoms with Crippen molar-refractivity contribution in [1.82, 2.24) is 0 Å². The van der Waals surface area contributed by atoms with Gasteiger partial charge in [-0.3, -0.25) is 0 Å². The molecule has 94 valence electrons. The molecule has 17 heavy (non-hydrogen) atoms. The minimum absolute atomic E-state index is 0.0311. The van der Waals surface area contributed by atoms with Crippen molar-refractivity contribution in [2.45, 2.75) is 11.9 Å². The third-order valence-corrected chi connectivity index (χ3v) is 2.50. The third-order valence-electron chi connectivity index (χ3n) is 1.90. The second-order valence-corrected chi connectivity index (χ2v) is 3.51. The van der Waals surface area contributed by atoms with Crippen molar-refractivity contribution in [1.29, 1.82) is 0 Å². The van der Waals surface area contributed by atoms with Gasteiger partial charge in [0.2, 0.25) is 0 Å². The summed E-state index contributed by atoms with van der Waals surface area (Å²) in [5.41, 5.74) is -0.0254. The molecule has 0 amide bonds. The number of benzene rings is 1. The lowest BCUT2D eigenvalue weighted by Crippen LogP contribution is -2.08. The molecule has 0 saturated heterocycles. The van der Waals surface area contributed by atoms with Crippen LogP contribution in [0.3, 0.4) is 0 Å². The molecule has 0 heterocycles. The van der Waals surface area contributed by atoms with E-state index in [1.54, 1.807) is 0 Å². The normalized spacial score (nSPS) is 10.5. The van der Waals surface area contributed by atoms with Gasteiger partial charge in [0.25, 0.3) is 0 Å². The largest absolute Gasteiger partial charge is 0.465 e. The summed E-state index contributed by atoms with van der Waals surface area (Å²) in [4.78, 5) is 11.2. The molecule has 0 saturated carbocycles. The summed E-state index contributed by atoms with van der Waals surface area (Å²) in [6.07, 6.45) is 0. The average Bonchev–Trinajstić information content (AvgIpc) is 2.30. The van der Waals surface area contributed by atoms with E-state index >= 15 is 0 Å². The van der Waals surface area contributed by atoms with E-state index in [0.717, 1.165) is 13.2 Å². The summed E-state index contributed by atoms with van der Waals surface area (Å²) in [6.45, 7) is -3.17. The maximum Gasteiger partial charge on any atom is 0.387 e. The number of ether oxygens (including phenoxy) is 2. The smallest absolute Gasteiger partial charge is 0.387 e. The monoisotopic (exact) mass is 312 g/mol. The highest BCUT2D eigenvalue weighted by Gasteiger charge is 2.18. The Morgan fingerprint density at radius 2 is 2.12 bits per heavy atom. The zero-order chi connectivity index (χ0) is 13.0. The molecule has 0 N–H and O–H groups in total. The van der Waals surface area contributed by atoms with Crippen molar-refractivity contribution in [2.75, 3.05) is 7.11 Å². The van der Waals surface area contributed by atoms with Crippen molar-refractivity contribution in [3.63, 3.8) is 0 Å². The van der Waals surface area contributed by atoms with Crippen LogP contribution in [0.4, 0.5) is 13.2 Å². The van der Waals surface area contributed by atoms with E-state index in [2.05, 4.69) is 25.4 Å². The lowest BCUT2D eigenvalue weighted by atomic mass is 10.1. The van der Waals surface area contributed by atoms with Gasteiger partial charge in [-0.1, -0.05) is 15.9 Å². The number of halogens is 4. The van der Waals surface area contributed by atoms with Crippen molar-refractivity contribution in [3.05, 3.63) is 29.1 Å². The van der Waals surface area contributed by atoms with Crippen LogP contribution in [0.15, 0.2) is 12.1 Å². The van der Waals surface area contributed by atoms with Crippen LogP contribution in [0.5, 0.6) is 5.75 Å². The van der Waals surface area contributed by atoms with Crippen molar-refractivity contribution in [2.24, 2.45) is 0 Å². The van der Waals surface area contributed by atoms with Gasteiger partial charge in [0.05, 0.1) is 12.7 Å². The second-order valence-electron chi connectivity index (χ2n) is 2.95. The molecule has 0 atom stereocenters. The predicted molar refractivity (Wildman–Crippen MR) is 57.0 cm³/mol. The highest BCUT2D eigenvalue weighted by atomic mass is 79.9. The average molecular weight is 313 g/mol. The topological polar surface area (TPSA) is 35.5 Å². The number of alkyl halides is 3. The van der Waals surface area contributed by atoms with Crippen LogP contribution in [0.2, 0.25) is 0 Å². The summed E-state index contributed by atoms with van der Waals surface area (Å²) in [5, 5.41) is 0.0588. The molecule has 0 spiro atoms. The van der Waals surface area contributed by atoms with E-state index in [1.807, 2.05) is 0 Å². The van der Waals surface area contributed by atoms with Crippen LogP contribution in [-0.2, 0) is 10.1 Å². The van der Waals surface area contributed by atoms with E-state index in [-0.39, 0.29) is 16.5 Å². The van der Waals surface area contributed by atoms with Gasteiger partial charge in [-0.15, -0.1) is 0 Å². The van der Waals surface area contributed by atoms with Gasteiger partial charge >= 0.3 is 12.6 Å². The van der Waals surface area contributed by atoms with Crippen LogP contribution >= 0.6 is 15.9 Å². The van der Waals surface area contributed by atoms with E-state index in [0.29, 0.717) is 0 Å². The number of methoxy groups -OCH3 is 1. The van der Waals surface area contributed by atoms with Gasteiger partial charge in [0.1, 0.15) is 0 Å². The molecule has 0 aliphatic heterocycles. The Labute approximate surface area is 104 Å². The Morgan fingerprint density at radius 3 is 2.59 bits per heavy atom. The summed E-state index contributed by atoms with van der Waals surface area (Å²) in [6, 6.07) is 2.08. The molecule has 1 aromatic rings. The first-order chi connectivity index (χ1) is 7.99. The molecule has 0 aliphatic carbocycles. The molecule has 0 unspecified atom stereocenters. The molecule has 0 bridgehead atoms. The van der Waals surface area contributed by atoms with Gasteiger partial charge < -0.3 is 9.47 Å². The number of carbonyl (C=O) groups is 1. The van der Waals surface area contributed by atoms with Gasteiger partial charge in [-0.25, -0.2) is 9.18 Å². The highest BCUT2D eigenvalue weighted by Crippen LogP contribution is 2.26. The minimum Gasteiger partial charge on any atom is -0.465 e. The molecule has 7 heteroatoms. The minimum atomic E-state index is -3.17. The number of hydrogen-bond acceptors (Lipinski definition) is 3. The maximum atomic E-state index is 13.5. The molecule has 0 fully saturated rings. The third kappa shape index (κ3) is 3.36. The van der Waals surface area contributed by atoms with E-state index in [1.165, 1.54) is 6.07 Å². The first-order valence-electron chi connectivity index (χ1n) is 4.41. The fraction of sp³-hybridized carbons (Fsp3) is 0.300. The lowest BCUT2D eigenvalue weighted by Gasteiger charge is -2.10. The van der Waals surface area contributed by atoms with Gasteiger partial charge in [0.15, 0.2) is 11.6 Å². The molecular weight excluding hydrogens is 305 g/mol. The zero-order valence-corrected chi connectivity index (χ0v) is 10.3. The van der Waals surface area contributed by atoms with E-state index in [4.69, 9.17) is 0 Å². The lowest BCUT2D eigenvalue weighted by molar-refractivity contribution is -0.0523. The fourth-order valence-corrected chi connectivity index (χ4v) is 1.58. The number of rotatable bonds is 4. The van der Waals surface area contributed by atoms with Crippen LogP contribution in [0.25, 0.3) is 0 Å². The SMILES string of the molecule is COC(=O)c1cc(CBr)c(F)c(OC(F)F)c1. The van der Waals surface area contributed by atoms with Crippen LogP contribution in [-0.4, -0.2) is 19.7 Å². The maximum absolute atomic E-state index is 13.5. The molecule has 0 aromatic heterocycles. The van der Waals surface area contributed by atoms with Gasteiger partial charge in [-0.2, -0.15) is 8.78 Å². The van der Waals surface area contributed by atoms with Crippen LogP contribution < -0.4 is 4.74 Å². The first-order valence-corrected chi connectivity index (χ1v) is 5.53. The van der Waals surface area contributed by atoms with Gasteiger partial charge in [0, 0.05) is 10.9 Å². The Hall–Kier alpha value is -1.24. The van der Waals surface area contributed by atoms with Crippen molar-refractivity contribution < 1.29 is 27.4 Å². The Balaban J connectivity index is 3.23. The molecule has 3 nitrogen and oxygen atoms in total. The van der Waals surface area contributed by atoms with Crippen molar-refractivity contribution in [3.8, 4) is 5.75 Å². The zero-order valence-electron chi connectivity index (χ0n) is 8.68. The second kappa shape index (κ2) is 5.90. The van der Waals surface area contributed by atoms with Gasteiger partial charge in [-0.05, 0) is 12.1 Å². The summed E-state index contributed by atoms with van der Waals surface area (Å²) in [5.74, 6) is -2.38. The molecule has 1 aromatic carbocycles. The van der Waals surface area contributed by atoms with Crippen LogP contribution in [0.1, 0.15) is 15.9 Å². The van der Waals surface area contributed by atoms with E-state index < -0.39 is 24.1 Å². The first kappa shape index (κ1) is 13.8. The summed E-state index contributed by atoms with van der Waals surface area (Å²) >= 11 is 2.98. The highest BCUT2D eigenvalue weighted by molar-refractivity contribution is 9.08. The fourth-order valence-electron chi connectivity index (χ4n) is 1.17. The number of carbonyl (C=O) groups excluding carboxylic acids is 1. The Kier molecular flexibility index (Phi) is 4.80. The predicted octanol–water partition coefficient (Wildman–Crippen LogP) is 3.11. The Bertz CT molecular complexity index is 424.